The first-order valence-electron chi connectivity index (χ1n) is 11.4. The van der Waals surface area contributed by atoms with Gasteiger partial charge < -0.3 is 4.98 Å². The van der Waals surface area contributed by atoms with Gasteiger partial charge in [0, 0.05) is 24.2 Å². The average Bonchev–Trinajstić information content (AvgIpc) is 2.80. The van der Waals surface area contributed by atoms with Crippen LogP contribution in [0.15, 0.2) is 82.5 Å². The highest BCUT2D eigenvalue weighted by atomic mass is 32.2. The van der Waals surface area contributed by atoms with Gasteiger partial charge in [-0.1, -0.05) is 57.2 Å². The summed E-state index contributed by atoms with van der Waals surface area (Å²) in [4.78, 5) is 15.9. The molecular formula is C28H29FN2O3S. The van der Waals surface area contributed by atoms with Crippen molar-refractivity contribution in [3.63, 3.8) is 0 Å². The van der Waals surface area contributed by atoms with E-state index in [9.17, 15) is 17.6 Å². The molecule has 0 fully saturated rings. The number of pyridine rings is 1. The number of benzene rings is 3. The van der Waals surface area contributed by atoms with E-state index in [0.29, 0.717) is 16.6 Å². The van der Waals surface area contributed by atoms with E-state index in [0.717, 1.165) is 16.5 Å². The van der Waals surface area contributed by atoms with E-state index in [1.165, 1.54) is 16.4 Å². The maximum absolute atomic E-state index is 13.7. The van der Waals surface area contributed by atoms with Gasteiger partial charge in [-0.25, -0.2) is 12.8 Å². The number of halogens is 1. The number of nitrogens with zero attached hydrogens (tertiary/aromatic N) is 1. The quantitative estimate of drug-likeness (QED) is 0.377. The molecule has 0 aliphatic carbocycles. The molecule has 0 spiro atoms. The molecule has 0 aliphatic heterocycles. The molecule has 1 N–H and O–H groups in total. The van der Waals surface area contributed by atoms with Gasteiger partial charge in [-0.3, -0.25) is 4.79 Å². The predicted molar refractivity (Wildman–Crippen MR) is 137 cm³/mol. The summed E-state index contributed by atoms with van der Waals surface area (Å²) >= 11 is 0. The minimum absolute atomic E-state index is 0.00495. The number of sulfonamides is 1. The van der Waals surface area contributed by atoms with Gasteiger partial charge in [0.25, 0.3) is 5.56 Å². The van der Waals surface area contributed by atoms with Crippen molar-refractivity contribution in [1.29, 1.82) is 0 Å². The predicted octanol–water partition coefficient (Wildman–Crippen LogP) is 5.66. The number of aryl methyl sites for hydroxylation is 1. The van der Waals surface area contributed by atoms with E-state index < -0.39 is 15.8 Å². The van der Waals surface area contributed by atoms with Crippen LogP contribution in [0.5, 0.6) is 0 Å². The van der Waals surface area contributed by atoms with Gasteiger partial charge in [0.15, 0.2) is 0 Å². The topological polar surface area (TPSA) is 70.2 Å². The van der Waals surface area contributed by atoms with Crippen molar-refractivity contribution >= 4 is 20.9 Å². The van der Waals surface area contributed by atoms with Crippen LogP contribution >= 0.6 is 0 Å². The Balaban J connectivity index is 1.75. The molecule has 0 aliphatic rings. The van der Waals surface area contributed by atoms with Gasteiger partial charge in [-0.05, 0) is 70.8 Å². The fourth-order valence-electron chi connectivity index (χ4n) is 3.96. The number of rotatable bonds is 6. The van der Waals surface area contributed by atoms with E-state index in [4.69, 9.17) is 0 Å². The molecule has 182 valence electrons. The Kier molecular flexibility index (Phi) is 6.66. The number of hydrogen-bond acceptors (Lipinski definition) is 3. The Bertz CT molecular complexity index is 1520. The van der Waals surface area contributed by atoms with Crippen LogP contribution in [0.25, 0.3) is 10.9 Å². The molecule has 0 saturated heterocycles. The number of fused-ring (bicyclic) bond motifs is 1. The van der Waals surface area contributed by atoms with Gasteiger partial charge in [-0.15, -0.1) is 0 Å². The highest BCUT2D eigenvalue weighted by molar-refractivity contribution is 7.89. The summed E-state index contributed by atoms with van der Waals surface area (Å²) < 4.78 is 42.2. The smallest absolute Gasteiger partial charge is 0.252 e. The first-order valence-corrected chi connectivity index (χ1v) is 12.9. The Morgan fingerprint density at radius 2 is 1.54 bits per heavy atom. The van der Waals surface area contributed by atoms with Crippen molar-refractivity contribution in [1.82, 2.24) is 9.29 Å². The monoisotopic (exact) mass is 492 g/mol. The summed E-state index contributed by atoms with van der Waals surface area (Å²) in [5.41, 5.74) is 3.22. The van der Waals surface area contributed by atoms with Crippen LogP contribution < -0.4 is 5.56 Å². The molecule has 35 heavy (non-hydrogen) atoms. The maximum atomic E-state index is 13.7. The van der Waals surface area contributed by atoms with Crippen molar-refractivity contribution in [2.24, 2.45) is 0 Å². The minimum Gasteiger partial charge on any atom is -0.322 e. The average molecular weight is 493 g/mol. The summed E-state index contributed by atoms with van der Waals surface area (Å²) in [6, 6.07) is 20.0. The molecule has 4 rings (SSSR count). The van der Waals surface area contributed by atoms with Crippen LogP contribution in [0.3, 0.4) is 0 Å². The SMILES string of the molecule is Cc1ccc2cc(CN(Cc3ccc(F)cc3)S(=O)(=O)c3ccc(C(C)(C)C)cc3)c(=O)[nH]c2c1. The molecule has 0 amide bonds. The molecule has 4 aromatic rings. The van der Waals surface area contributed by atoms with E-state index in [1.54, 1.807) is 30.3 Å². The molecule has 0 saturated carbocycles. The summed E-state index contributed by atoms with van der Waals surface area (Å²) in [6.45, 7) is 7.99. The van der Waals surface area contributed by atoms with Gasteiger partial charge in [0.05, 0.1) is 4.90 Å². The lowest BCUT2D eigenvalue weighted by molar-refractivity contribution is 0.399. The lowest BCUT2D eigenvalue weighted by atomic mass is 9.87. The van der Waals surface area contributed by atoms with Crippen molar-refractivity contribution in [3.8, 4) is 0 Å². The number of aromatic nitrogens is 1. The molecule has 0 atom stereocenters. The van der Waals surface area contributed by atoms with Crippen molar-refractivity contribution in [2.45, 2.75) is 51.1 Å². The van der Waals surface area contributed by atoms with Gasteiger partial charge in [0.2, 0.25) is 10.0 Å². The highest BCUT2D eigenvalue weighted by Gasteiger charge is 2.27. The third-order valence-corrected chi connectivity index (χ3v) is 7.86. The molecule has 7 heteroatoms. The molecule has 0 radical (unpaired) electrons. The van der Waals surface area contributed by atoms with Gasteiger partial charge >= 0.3 is 0 Å². The zero-order valence-corrected chi connectivity index (χ0v) is 21.1. The maximum Gasteiger partial charge on any atom is 0.252 e. The second kappa shape index (κ2) is 9.40. The van der Waals surface area contributed by atoms with E-state index in [1.807, 2.05) is 37.3 Å². The Labute approximate surface area is 205 Å². The Morgan fingerprint density at radius 3 is 2.17 bits per heavy atom. The number of H-pyrrole nitrogens is 1. The first-order chi connectivity index (χ1) is 16.4. The van der Waals surface area contributed by atoms with E-state index >= 15 is 0 Å². The van der Waals surface area contributed by atoms with E-state index in [2.05, 4.69) is 25.8 Å². The third-order valence-electron chi connectivity index (χ3n) is 6.06. The standard InChI is InChI=1S/C28H29FN2O3S/c1-19-5-8-21-16-22(27(32)30-26(21)15-19)18-31(17-20-6-11-24(29)12-7-20)35(33,34)25-13-9-23(10-14-25)28(2,3)4/h5-16H,17-18H2,1-4H3,(H,30,32). The molecule has 0 bridgehead atoms. The molecule has 0 unspecified atom stereocenters. The Morgan fingerprint density at radius 1 is 0.886 bits per heavy atom. The van der Waals surface area contributed by atoms with Crippen LogP contribution in [0, 0.1) is 12.7 Å². The summed E-state index contributed by atoms with van der Waals surface area (Å²) in [7, 11) is -3.96. The Hall–Kier alpha value is -3.29. The molecule has 3 aromatic carbocycles. The summed E-state index contributed by atoms with van der Waals surface area (Å²) in [6.07, 6.45) is 0. The lowest BCUT2D eigenvalue weighted by Gasteiger charge is -2.24. The molecule has 1 heterocycles. The molecular weight excluding hydrogens is 463 g/mol. The van der Waals surface area contributed by atoms with Crippen LogP contribution in [0.1, 0.15) is 43.0 Å². The zero-order valence-electron chi connectivity index (χ0n) is 20.3. The van der Waals surface area contributed by atoms with Crippen molar-refractivity contribution in [3.05, 3.63) is 111 Å². The summed E-state index contributed by atoms with van der Waals surface area (Å²) in [5, 5.41) is 0.818. The van der Waals surface area contributed by atoms with Gasteiger partial charge in [-0.2, -0.15) is 4.31 Å². The van der Waals surface area contributed by atoms with Crippen LogP contribution in [-0.4, -0.2) is 17.7 Å². The van der Waals surface area contributed by atoms with Gasteiger partial charge in [0.1, 0.15) is 5.82 Å². The van der Waals surface area contributed by atoms with Crippen LogP contribution in [0.4, 0.5) is 4.39 Å². The van der Waals surface area contributed by atoms with Crippen molar-refractivity contribution in [2.75, 3.05) is 0 Å². The fourth-order valence-corrected chi connectivity index (χ4v) is 5.37. The largest absolute Gasteiger partial charge is 0.322 e. The summed E-state index contributed by atoms with van der Waals surface area (Å²) in [5.74, 6) is -0.401. The minimum atomic E-state index is -3.96. The first kappa shape index (κ1) is 24.8. The lowest BCUT2D eigenvalue weighted by Crippen LogP contribution is -2.32. The van der Waals surface area contributed by atoms with E-state index in [-0.39, 0.29) is 29.0 Å². The zero-order chi connectivity index (χ0) is 25.4. The normalized spacial score (nSPS) is 12.4. The number of aromatic amines is 1. The number of hydrogen-bond donors (Lipinski definition) is 1. The third kappa shape index (κ3) is 5.52. The fraction of sp³-hybridized carbons (Fsp3) is 0.250. The van der Waals surface area contributed by atoms with Crippen molar-refractivity contribution < 1.29 is 12.8 Å². The molecule has 5 nitrogen and oxygen atoms in total. The second-order valence-corrected chi connectivity index (χ2v) is 11.8. The van der Waals surface area contributed by atoms with Crippen LogP contribution in [0.2, 0.25) is 0 Å². The highest BCUT2D eigenvalue weighted by Crippen LogP contribution is 2.26. The second-order valence-electron chi connectivity index (χ2n) is 9.89. The van der Waals surface area contributed by atoms with Crippen LogP contribution in [-0.2, 0) is 28.5 Å². The molecule has 1 aromatic heterocycles. The number of nitrogens with one attached hydrogen (secondary N) is 1.